The van der Waals surface area contributed by atoms with Gasteiger partial charge in [-0.2, -0.15) is 5.26 Å². The Balaban J connectivity index is 2.04. The van der Waals surface area contributed by atoms with Crippen LogP contribution in [0.4, 0.5) is 0 Å². The van der Waals surface area contributed by atoms with Gasteiger partial charge < -0.3 is 0 Å². The first-order valence-electron chi connectivity index (χ1n) is 6.14. The first kappa shape index (κ1) is 12.1. The molecule has 1 saturated heterocycles. The zero-order chi connectivity index (χ0) is 12.3. The predicted octanol–water partition coefficient (Wildman–Crippen LogP) is 2.60. The SMILES string of the molecule is CC1(C)CC(CC#N)CN1Cc1ccccn1. The quantitative estimate of drug-likeness (QED) is 0.799. The van der Waals surface area contributed by atoms with E-state index in [1.54, 1.807) is 0 Å². The average molecular weight is 229 g/mol. The molecule has 90 valence electrons. The molecular weight excluding hydrogens is 210 g/mol. The number of nitrogens with zero attached hydrogens (tertiary/aromatic N) is 3. The van der Waals surface area contributed by atoms with Crippen LogP contribution in [0.5, 0.6) is 0 Å². The molecule has 0 aromatic carbocycles. The maximum Gasteiger partial charge on any atom is 0.0625 e. The normalized spacial score (nSPS) is 23.5. The molecule has 0 N–H and O–H groups in total. The molecule has 1 atom stereocenters. The van der Waals surface area contributed by atoms with Crippen molar-refractivity contribution in [1.82, 2.24) is 9.88 Å². The highest BCUT2D eigenvalue weighted by Gasteiger charge is 2.37. The monoisotopic (exact) mass is 229 g/mol. The standard InChI is InChI=1S/C14H19N3/c1-14(2)9-12(6-7-15)10-17(14)11-13-5-3-4-8-16-13/h3-5,8,12H,6,9-11H2,1-2H3. The summed E-state index contributed by atoms with van der Waals surface area (Å²) in [6.07, 6.45) is 3.61. The molecule has 17 heavy (non-hydrogen) atoms. The van der Waals surface area contributed by atoms with Gasteiger partial charge in [0.15, 0.2) is 0 Å². The fourth-order valence-corrected chi connectivity index (χ4v) is 2.69. The smallest absolute Gasteiger partial charge is 0.0625 e. The molecular formula is C14H19N3. The third-order valence-electron chi connectivity index (χ3n) is 3.58. The molecule has 1 aromatic heterocycles. The van der Waals surface area contributed by atoms with Crippen LogP contribution in [0.25, 0.3) is 0 Å². The van der Waals surface area contributed by atoms with E-state index < -0.39 is 0 Å². The van der Waals surface area contributed by atoms with E-state index >= 15 is 0 Å². The third-order valence-corrected chi connectivity index (χ3v) is 3.58. The van der Waals surface area contributed by atoms with Crippen LogP contribution in [-0.4, -0.2) is 22.0 Å². The minimum atomic E-state index is 0.180. The van der Waals surface area contributed by atoms with Crippen LogP contribution in [0.15, 0.2) is 24.4 Å². The van der Waals surface area contributed by atoms with Gasteiger partial charge in [0.05, 0.1) is 11.8 Å². The Morgan fingerprint density at radius 2 is 2.35 bits per heavy atom. The highest BCUT2D eigenvalue weighted by atomic mass is 15.2. The van der Waals surface area contributed by atoms with Crippen LogP contribution >= 0.6 is 0 Å². The molecule has 0 radical (unpaired) electrons. The van der Waals surface area contributed by atoms with Crippen molar-refractivity contribution in [2.75, 3.05) is 6.54 Å². The Bertz CT molecular complexity index is 405. The van der Waals surface area contributed by atoms with Gasteiger partial charge in [-0.3, -0.25) is 9.88 Å². The van der Waals surface area contributed by atoms with Crippen LogP contribution < -0.4 is 0 Å². The molecule has 0 spiro atoms. The second kappa shape index (κ2) is 4.85. The summed E-state index contributed by atoms with van der Waals surface area (Å²) in [5, 5.41) is 8.79. The van der Waals surface area contributed by atoms with Crippen molar-refractivity contribution in [2.24, 2.45) is 5.92 Å². The molecule has 2 rings (SSSR count). The van der Waals surface area contributed by atoms with Crippen molar-refractivity contribution >= 4 is 0 Å². The van der Waals surface area contributed by atoms with E-state index in [4.69, 9.17) is 5.26 Å². The number of aromatic nitrogens is 1. The Morgan fingerprint density at radius 3 is 3.00 bits per heavy atom. The second-order valence-electron chi connectivity index (χ2n) is 5.45. The van der Waals surface area contributed by atoms with E-state index in [2.05, 4.69) is 35.9 Å². The van der Waals surface area contributed by atoms with Crippen molar-refractivity contribution in [3.8, 4) is 6.07 Å². The van der Waals surface area contributed by atoms with Crippen LogP contribution in [-0.2, 0) is 6.54 Å². The van der Waals surface area contributed by atoms with Crippen molar-refractivity contribution in [3.05, 3.63) is 30.1 Å². The summed E-state index contributed by atoms with van der Waals surface area (Å²) in [7, 11) is 0. The van der Waals surface area contributed by atoms with Gasteiger partial charge in [0.25, 0.3) is 0 Å². The van der Waals surface area contributed by atoms with Crippen molar-refractivity contribution in [1.29, 1.82) is 5.26 Å². The summed E-state index contributed by atoms with van der Waals surface area (Å²) < 4.78 is 0. The summed E-state index contributed by atoms with van der Waals surface area (Å²) in [4.78, 5) is 6.81. The summed E-state index contributed by atoms with van der Waals surface area (Å²) >= 11 is 0. The molecule has 0 amide bonds. The number of hydrogen-bond acceptors (Lipinski definition) is 3. The molecule has 1 aromatic rings. The number of hydrogen-bond donors (Lipinski definition) is 0. The van der Waals surface area contributed by atoms with E-state index in [1.165, 1.54) is 0 Å². The minimum Gasteiger partial charge on any atom is -0.292 e. The van der Waals surface area contributed by atoms with Crippen LogP contribution in [0, 0.1) is 17.2 Å². The Morgan fingerprint density at radius 1 is 1.53 bits per heavy atom. The van der Waals surface area contributed by atoms with Crippen LogP contribution in [0.1, 0.15) is 32.4 Å². The molecule has 3 heteroatoms. The zero-order valence-corrected chi connectivity index (χ0v) is 10.6. The first-order chi connectivity index (χ1) is 8.12. The lowest BCUT2D eigenvalue weighted by Gasteiger charge is -2.31. The van der Waals surface area contributed by atoms with Gasteiger partial charge in [0.1, 0.15) is 0 Å². The Hall–Kier alpha value is -1.40. The fourth-order valence-electron chi connectivity index (χ4n) is 2.69. The average Bonchev–Trinajstić information content (AvgIpc) is 2.55. The molecule has 1 unspecified atom stereocenters. The van der Waals surface area contributed by atoms with E-state index in [0.29, 0.717) is 12.3 Å². The molecule has 1 fully saturated rings. The minimum absolute atomic E-state index is 0.180. The van der Waals surface area contributed by atoms with Gasteiger partial charge in [-0.25, -0.2) is 0 Å². The largest absolute Gasteiger partial charge is 0.292 e. The maximum absolute atomic E-state index is 8.79. The van der Waals surface area contributed by atoms with Gasteiger partial charge in [-0.05, 0) is 38.3 Å². The van der Waals surface area contributed by atoms with Crippen molar-refractivity contribution in [2.45, 2.75) is 38.8 Å². The lowest BCUT2D eigenvalue weighted by Crippen LogP contribution is -2.37. The zero-order valence-electron chi connectivity index (χ0n) is 10.6. The molecule has 0 saturated carbocycles. The highest BCUT2D eigenvalue weighted by Crippen LogP contribution is 2.34. The number of pyridine rings is 1. The Labute approximate surface area is 103 Å². The molecule has 1 aliphatic heterocycles. The van der Waals surface area contributed by atoms with Crippen molar-refractivity contribution < 1.29 is 0 Å². The summed E-state index contributed by atoms with van der Waals surface area (Å²) in [6, 6.07) is 8.32. The fraction of sp³-hybridized carbons (Fsp3) is 0.571. The highest BCUT2D eigenvalue weighted by molar-refractivity contribution is 5.06. The summed E-state index contributed by atoms with van der Waals surface area (Å²) in [6.45, 7) is 6.41. The number of rotatable bonds is 3. The lowest BCUT2D eigenvalue weighted by atomic mass is 9.95. The summed E-state index contributed by atoms with van der Waals surface area (Å²) in [5.41, 5.74) is 1.29. The van der Waals surface area contributed by atoms with Crippen molar-refractivity contribution in [3.63, 3.8) is 0 Å². The number of nitriles is 1. The van der Waals surface area contributed by atoms with E-state index in [0.717, 1.165) is 25.2 Å². The topological polar surface area (TPSA) is 39.9 Å². The molecule has 0 aliphatic carbocycles. The summed E-state index contributed by atoms with van der Waals surface area (Å²) in [5.74, 6) is 0.513. The molecule has 0 bridgehead atoms. The van der Waals surface area contributed by atoms with Gasteiger partial charge in [-0.15, -0.1) is 0 Å². The van der Waals surface area contributed by atoms with E-state index in [9.17, 15) is 0 Å². The molecule has 3 nitrogen and oxygen atoms in total. The van der Waals surface area contributed by atoms with Crippen LogP contribution in [0.2, 0.25) is 0 Å². The van der Waals surface area contributed by atoms with E-state index in [-0.39, 0.29) is 5.54 Å². The number of likely N-dealkylation sites (tertiary alicyclic amines) is 1. The maximum atomic E-state index is 8.79. The lowest BCUT2D eigenvalue weighted by molar-refractivity contribution is 0.164. The third kappa shape index (κ3) is 2.83. The van der Waals surface area contributed by atoms with Crippen LogP contribution in [0.3, 0.4) is 0 Å². The second-order valence-corrected chi connectivity index (χ2v) is 5.45. The molecule has 2 heterocycles. The van der Waals surface area contributed by atoms with Gasteiger partial charge in [-0.1, -0.05) is 6.07 Å². The predicted molar refractivity (Wildman–Crippen MR) is 67.1 cm³/mol. The van der Waals surface area contributed by atoms with E-state index in [1.807, 2.05) is 18.3 Å². The first-order valence-corrected chi connectivity index (χ1v) is 6.14. The Kier molecular flexibility index (Phi) is 3.44. The van der Waals surface area contributed by atoms with Gasteiger partial charge in [0.2, 0.25) is 0 Å². The van der Waals surface area contributed by atoms with Gasteiger partial charge >= 0.3 is 0 Å². The molecule has 1 aliphatic rings. The van der Waals surface area contributed by atoms with Gasteiger partial charge in [0, 0.05) is 31.2 Å².